The van der Waals surface area contributed by atoms with Gasteiger partial charge in [-0.3, -0.25) is 18.7 Å². The zero-order valence-electron chi connectivity index (χ0n) is 16.2. The molecule has 3 rings (SSSR count). The third-order valence-electron chi connectivity index (χ3n) is 4.87. The summed E-state index contributed by atoms with van der Waals surface area (Å²) in [6, 6.07) is 17.0. The van der Waals surface area contributed by atoms with Crippen molar-refractivity contribution in [3.63, 3.8) is 0 Å². The molecule has 0 aliphatic heterocycles. The molecule has 2 aromatic carbocycles. The Morgan fingerprint density at radius 1 is 1.00 bits per heavy atom. The molecule has 28 heavy (non-hydrogen) atoms. The minimum absolute atomic E-state index is 0.0215. The molecule has 0 aliphatic rings. The number of hydrogen-bond acceptors (Lipinski definition) is 3. The van der Waals surface area contributed by atoms with Gasteiger partial charge in [0.1, 0.15) is 6.54 Å². The van der Waals surface area contributed by atoms with E-state index in [0.29, 0.717) is 10.9 Å². The van der Waals surface area contributed by atoms with E-state index in [1.54, 1.807) is 31.2 Å². The average molecular weight is 379 g/mol. The molecule has 0 spiro atoms. The first kappa shape index (κ1) is 19.6. The molecular formula is C22H25N3O3. The van der Waals surface area contributed by atoms with Crippen molar-refractivity contribution in [1.29, 1.82) is 0 Å². The molecule has 1 aromatic heterocycles. The third kappa shape index (κ3) is 4.22. The number of carbonyl (C=O) groups is 1. The van der Waals surface area contributed by atoms with Gasteiger partial charge in [0, 0.05) is 12.6 Å². The standard InChI is InChI=1S/C22H25N3O3/c1-3-24-21(27)18-11-7-8-12-19(18)25(22(24)28)15-20(26)23-16(2)13-14-17-9-5-4-6-10-17/h4-12,16H,3,13-15H2,1-2H3,(H,23,26). The fourth-order valence-corrected chi connectivity index (χ4v) is 3.37. The number of aryl methyl sites for hydroxylation is 1. The Hall–Kier alpha value is -3.15. The maximum atomic E-state index is 12.7. The highest BCUT2D eigenvalue weighted by molar-refractivity contribution is 5.81. The second kappa shape index (κ2) is 8.69. The van der Waals surface area contributed by atoms with Gasteiger partial charge < -0.3 is 5.32 Å². The monoisotopic (exact) mass is 379 g/mol. The van der Waals surface area contributed by atoms with Gasteiger partial charge >= 0.3 is 5.69 Å². The lowest BCUT2D eigenvalue weighted by molar-refractivity contribution is -0.122. The lowest BCUT2D eigenvalue weighted by Crippen LogP contribution is -2.43. The van der Waals surface area contributed by atoms with Crippen LogP contribution < -0.4 is 16.6 Å². The molecule has 1 atom stereocenters. The Balaban J connectivity index is 1.76. The maximum Gasteiger partial charge on any atom is 0.331 e. The molecule has 6 nitrogen and oxygen atoms in total. The first-order valence-electron chi connectivity index (χ1n) is 9.57. The molecule has 1 N–H and O–H groups in total. The van der Waals surface area contributed by atoms with Crippen LogP contribution in [0.1, 0.15) is 25.8 Å². The first-order chi connectivity index (χ1) is 13.5. The van der Waals surface area contributed by atoms with Crippen molar-refractivity contribution in [2.45, 2.75) is 45.8 Å². The minimum Gasteiger partial charge on any atom is -0.352 e. The molecule has 1 amide bonds. The number of amides is 1. The number of carbonyl (C=O) groups excluding carboxylic acids is 1. The average Bonchev–Trinajstić information content (AvgIpc) is 2.71. The maximum absolute atomic E-state index is 12.7. The topological polar surface area (TPSA) is 73.1 Å². The van der Waals surface area contributed by atoms with E-state index in [-0.39, 0.29) is 30.6 Å². The predicted octanol–water partition coefficient (Wildman–Crippen LogP) is 2.32. The van der Waals surface area contributed by atoms with Gasteiger partial charge in [0.2, 0.25) is 5.91 Å². The van der Waals surface area contributed by atoms with E-state index in [0.717, 1.165) is 17.4 Å². The van der Waals surface area contributed by atoms with E-state index in [1.165, 1.54) is 10.1 Å². The zero-order valence-corrected chi connectivity index (χ0v) is 16.2. The number of para-hydroxylation sites is 1. The Labute approximate surface area is 163 Å². The summed E-state index contributed by atoms with van der Waals surface area (Å²) in [5.41, 5.74) is 0.921. The lowest BCUT2D eigenvalue weighted by atomic mass is 10.1. The van der Waals surface area contributed by atoms with Gasteiger partial charge in [0.15, 0.2) is 0 Å². The highest BCUT2D eigenvalue weighted by Crippen LogP contribution is 2.08. The van der Waals surface area contributed by atoms with Crippen molar-refractivity contribution in [2.75, 3.05) is 0 Å². The number of nitrogens with zero attached hydrogens (tertiary/aromatic N) is 2. The van der Waals surface area contributed by atoms with Crippen LogP contribution in [0, 0.1) is 0 Å². The van der Waals surface area contributed by atoms with Crippen molar-refractivity contribution < 1.29 is 4.79 Å². The summed E-state index contributed by atoms with van der Waals surface area (Å²) in [6.07, 6.45) is 1.67. The number of aromatic nitrogens is 2. The molecule has 0 saturated heterocycles. The van der Waals surface area contributed by atoms with Crippen molar-refractivity contribution in [1.82, 2.24) is 14.5 Å². The van der Waals surface area contributed by atoms with Crippen LogP contribution in [-0.2, 0) is 24.3 Å². The smallest absolute Gasteiger partial charge is 0.331 e. The second-order valence-electron chi connectivity index (χ2n) is 6.93. The van der Waals surface area contributed by atoms with Gasteiger partial charge in [-0.15, -0.1) is 0 Å². The fourth-order valence-electron chi connectivity index (χ4n) is 3.37. The first-order valence-corrected chi connectivity index (χ1v) is 9.57. The summed E-state index contributed by atoms with van der Waals surface area (Å²) < 4.78 is 2.54. The third-order valence-corrected chi connectivity index (χ3v) is 4.87. The lowest BCUT2D eigenvalue weighted by Gasteiger charge is -2.16. The van der Waals surface area contributed by atoms with Crippen LogP contribution >= 0.6 is 0 Å². The summed E-state index contributed by atoms with van der Waals surface area (Å²) in [6.45, 7) is 3.84. The molecule has 0 bridgehead atoms. The summed E-state index contributed by atoms with van der Waals surface area (Å²) >= 11 is 0. The molecular weight excluding hydrogens is 354 g/mol. The van der Waals surface area contributed by atoms with Gasteiger partial charge in [0.25, 0.3) is 5.56 Å². The van der Waals surface area contributed by atoms with Crippen LogP contribution in [0.3, 0.4) is 0 Å². The molecule has 1 unspecified atom stereocenters. The highest BCUT2D eigenvalue weighted by atomic mass is 16.2. The summed E-state index contributed by atoms with van der Waals surface area (Å²) in [4.78, 5) is 37.7. The highest BCUT2D eigenvalue weighted by Gasteiger charge is 2.15. The number of hydrogen-bond donors (Lipinski definition) is 1. The van der Waals surface area contributed by atoms with Crippen LogP contribution in [0.25, 0.3) is 10.9 Å². The van der Waals surface area contributed by atoms with Crippen molar-refractivity contribution in [3.8, 4) is 0 Å². The molecule has 1 heterocycles. The zero-order chi connectivity index (χ0) is 20.1. The molecule has 0 fully saturated rings. The van der Waals surface area contributed by atoms with E-state index in [2.05, 4.69) is 17.4 Å². The number of benzene rings is 2. The summed E-state index contributed by atoms with van der Waals surface area (Å²) in [5.74, 6) is -0.242. The summed E-state index contributed by atoms with van der Waals surface area (Å²) in [5, 5.41) is 3.40. The van der Waals surface area contributed by atoms with E-state index < -0.39 is 5.69 Å². The van der Waals surface area contributed by atoms with Crippen molar-refractivity contribution in [3.05, 3.63) is 81.0 Å². The molecule has 0 saturated carbocycles. The van der Waals surface area contributed by atoms with Gasteiger partial charge in [-0.25, -0.2) is 4.79 Å². The van der Waals surface area contributed by atoms with E-state index in [1.807, 2.05) is 25.1 Å². The normalized spacial score (nSPS) is 12.1. The SMILES string of the molecule is CCn1c(=O)c2ccccc2n(CC(=O)NC(C)CCc2ccccc2)c1=O. The molecule has 3 aromatic rings. The molecule has 146 valence electrons. The van der Waals surface area contributed by atoms with Crippen LogP contribution in [0.4, 0.5) is 0 Å². The number of nitrogens with one attached hydrogen (secondary N) is 1. The Kier molecular flexibility index (Phi) is 6.09. The Bertz CT molecular complexity index is 1080. The van der Waals surface area contributed by atoms with Gasteiger partial charge in [0.05, 0.1) is 10.9 Å². The molecule has 6 heteroatoms. The predicted molar refractivity (Wildman–Crippen MR) is 111 cm³/mol. The minimum atomic E-state index is -0.460. The summed E-state index contributed by atoms with van der Waals surface area (Å²) in [7, 11) is 0. The van der Waals surface area contributed by atoms with Crippen molar-refractivity contribution >= 4 is 16.8 Å². The van der Waals surface area contributed by atoms with Crippen LogP contribution in [-0.4, -0.2) is 21.1 Å². The second-order valence-corrected chi connectivity index (χ2v) is 6.93. The van der Waals surface area contributed by atoms with Gasteiger partial charge in [-0.05, 0) is 44.4 Å². The Morgan fingerprint density at radius 2 is 1.68 bits per heavy atom. The van der Waals surface area contributed by atoms with E-state index in [9.17, 15) is 14.4 Å². The quantitative estimate of drug-likeness (QED) is 0.685. The molecule has 0 radical (unpaired) electrons. The van der Waals surface area contributed by atoms with E-state index in [4.69, 9.17) is 0 Å². The van der Waals surface area contributed by atoms with Gasteiger partial charge in [-0.1, -0.05) is 42.5 Å². The number of fused-ring (bicyclic) bond motifs is 1. The largest absolute Gasteiger partial charge is 0.352 e. The Morgan fingerprint density at radius 3 is 2.39 bits per heavy atom. The van der Waals surface area contributed by atoms with Crippen LogP contribution in [0.2, 0.25) is 0 Å². The van der Waals surface area contributed by atoms with Crippen LogP contribution in [0.15, 0.2) is 64.2 Å². The van der Waals surface area contributed by atoms with E-state index >= 15 is 0 Å². The fraction of sp³-hybridized carbons (Fsp3) is 0.318. The van der Waals surface area contributed by atoms with Crippen molar-refractivity contribution in [2.24, 2.45) is 0 Å². The van der Waals surface area contributed by atoms with Crippen LogP contribution in [0.5, 0.6) is 0 Å². The molecule has 0 aliphatic carbocycles. The van der Waals surface area contributed by atoms with Gasteiger partial charge in [-0.2, -0.15) is 0 Å². The number of rotatable bonds is 7.